The molecule has 58 valence electrons. The Bertz CT molecular complexity index is 270. The van der Waals surface area contributed by atoms with E-state index in [9.17, 15) is 0 Å². The minimum Gasteiger partial charge on any atom is -0.392 e. The van der Waals surface area contributed by atoms with Crippen molar-refractivity contribution in [2.75, 3.05) is 0 Å². The van der Waals surface area contributed by atoms with E-state index in [2.05, 4.69) is 0 Å². The molecular weight excluding hydrogens is 140 g/mol. The van der Waals surface area contributed by atoms with Crippen molar-refractivity contribution < 1.29 is 5.11 Å². The van der Waals surface area contributed by atoms with E-state index in [-0.39, 0.29) is 0 Å². The molecule has 0 aliphatic rings. The first kappa shape index (κ1) is 7.83. The summed E-state index contributed by atoms with van der Waals surface area (Å²) < 4.78 is 1.73. The van der Waals surface area contributed by atoms with Crippen LogP contribution in [0.1, 0.15) is 12.6 Å². The van der Waals surface area contributed by atoms with Crippen molar-refractivity contribution in [3.8, 4) is 6.07 Å². The van der Waals surface area contributed by atoms with Crippen LogP contribution in [-0.4, -0.2) is 15.8 Å². The van der Waals surface area contributed by atoms with Crippen LogP contribution < -0.4 is 0 Å². The molecule has 1 atom stereocenters. The Morgan fingerprint density at radius 3 is 3.09 bits per heavy atom. The number of rotatable bonds is 2. The first-order valence-electron chi connectivity index (χ1n) is 3.47. The number of nitriles is 1. The summed E-state index contributed by atoms with van der Waals surface area (Å²) in [4.78, 5) is 0. The van der Waals surface area contributed by atoms with Gasteiger partial charge in [-0.1, -0.05) is 0 Å². The number of aromatic nitrogens is 1. The number of nitrogens with zero attached hydrogens (tertiary/aromatic N) is 2. The third-order valence-electron chi connectivity index (χ3n) is 1.41. The molecule has 1 aromatic rings. The predicted octanol–water partition coefficient (Wildman–Crippen LogP) is 0.741. The normalized spacial score (nSPS) is 12.5. The second kappa shape index (κ2) is 3.22. The molecule has 1 N–H and O–H groups in total. The molecule has 1 heterocycles. The van der Waals surface area contributed by atoms with Crippen LogP contribution in [0.2, 0.25) is 0 Å². The summed E-state index contributed by atoms with van der Waals surface area (Å²) in [6.07, 6.45) is 1.38. The van der Waals surface area contributed by atoms with Crippen LogP contribution in [0.15, 0.2) is 18.3 Å². The Hall–Kier alpha value is -1.27. The van der Waals surface area contributed by atoms with E-state index in [4.69, 9.17) is 10.4 Å². The van der Waals surface area contributed by atoms with E-state index < -0.39 is 6.10 Å². The Labute approximate surface area is 65.5 Å². The molecule has 0 aromatic carbocycles. The lowest BCUT2D eigenvalue weighted by molar-refractivity contribution is 0.173. The van der Waals surface area contributed by atoms with Gasteiger partial charge in [0.05, 0.1) is 6.10 Å². The Morgan fingerprint density at radius 1 is 1.82 bits per heavy atom. The molecule has 0 unspecified atom stereocenters. The maximum atomic E-state index is 9.01. The fourth-order valence-corrected chi connectivity index (χ4v) is 0.959. The van der Waals surface area contributed by atoms with Crippen molar-refractivity contribution in [3.63, 3.8) is 0 Å². The maximum Gasteiger partial charge on any atom is 0.120 e. The van der Waals surface area contributed by atoms with Gasteiger partial charge in [-0.2, -0.15) is 5.26 Å². The summed E-state index contributed by atoms with van der Waals surface area (Å²) in [5.41, 5.74) is 0.589. The number of hydrogen-bond donors (Lipinski definition) is 1. The van der Waals surface area contributed by atoms with Crippen LogP contribution in [0, 0.1) is 11.3 Å². The fourth-order valence-electron chi connectivity index (χ4n) is 0.959. The van der Waals surface area contributed by atoms with Crippen LogP contribution in [0.5, 0.6) is 0 Å². The van der Waals surface area contributed by atoms with Crippen molar-refractivity contribution in [1.29, 1.82) is 5.26 Å². The van der Waals surface area contributed by atoms with Crippen molar-refractivity contribution in [2.24, 2.45) is 0 Å². The highest BCUT2D eigenvalue weighted by molar-refractivity contribution is 5.21. The molecule has 0 fully saturated rings. The largest absolute Gasteiger partial charge is 0.392 e. The van der Waals surface area contributed by atoms with Crippen molar-refractivity contribution in [3.05, 3.63) is 24.0 Å². The van der Waals surface area contributed by atoms with E-state index >= 15 is 0 Å². The van der Waals surface area contributed by atoms with Gasteiger partial charge in [-0.05, 0) is 19.1 Å². The highest BCUT2D eigenvalue weighted by Crippen LogP contribution is 2.01. The highest BCUT2D eigenvalue weighted by atomic mass is 16.3. The second-order valence-corrected chi connectivity index (χ2v) is 2.51. The van der Waals surface area contributed by atoms with Crippen LogP contribution in [0.25, 0.3) is 0 Å². The predicted molar refractivity (Wildman–Crippen MR) is 40.8 cm³/mol. The van der Waals surface area contributed by atoms with Gasteiger partial charge in [0.25, 0.3) is 0 Å². The van der Waals surface area contributed by atoms with Gasteiger partial charge in [0, 0.05) is 12.7 Å². The summed E-state index contributed by atoms with van der Waals surface area (Å²) in [5, 5.41) is 17.6. The number of aliphatic hydroxyl groups excluding tert-OH is 1. The van der Waals surface area contributed by atoms with Crippen molar-refractivity contribution in [2.45, 2.75) is 19.6 Å². The van der Waals surface area contributed by atoms with E-state index in [1.54, 1.807) is 29.8 Å². The molecule has 3 heteroatoms. The monoisotopic (exact) mass is 150 g/mol. The van der Waals surface area contributed by atoms with Crippen molar-refractivity contribution in [1.82, 2.24) is 4.57 Å². The highest BCUT2D eigenvalue weighted by Gasteiger charge is 2.01. The van der Waals surface area contributed by atoms with Crippen LogP contribution in [0.4, 0.5) is 0 Å². The quantitative estimate of drug-likeness (QED) is 0.676. The maximum absolute atomic E-state index is 9.01. The molecule has 0 amide bonds. The third kappa shape index (κ3) is 1.82. The van der Waals surface area contributed by atoms with E-state index in [1.807, 2.05) is 6.07 Å². The zero-order valence-corrected chi connectivity index (χ0v) is 6.36. The van der Waals surface area contributed by atoms with E-state index in [1.165, 1.54) is 0 Å². The number of aliphatic hydroxyl groups is 1. The average Bonchev–Trinajstić information content (AvgIpc) is 2.34. The van der Waals surface area contributed by atoms with Gasteiger partial charge >= 0.3 is 0 Å². The molecule has 0 aliphatic heterocycles. The molecule has 0 radical (unpaired) electrons. The molecule has 0 spiro atoms. The molecule has 0 saturated heterocycles. The van der Waals surface area contributed by atoms with Crippen LogP contribution in [-0.2, 0) is 6.54 Å². The Kier molecular flexibility index (Phi) is 2.29. The van der Waals surface area contributed by atoms with Gasteiger partial charge in [-0.3, -0.25) is 0 Å². The summed E-state index contributed by atoms with van der Waals surface area (Å²) >= 11 is 0. The third-order valence-corrected chi connectivity index (χ3v) is 1.41. The van der Waals surface area contributed by atoms with Gasteiger partial charge in [-0.15, -0.1) is 0 Å². The zero-order valence-electron chi connectivity index (χ0n) is 6.36. The van der Waals surface area contributed by atoms with E-state index in [0.29, 0.717) is 12.2 Å². The van der Waals surface area contributed by atoms with Gasteiger partial charge in [0.15, 0.2) is 0 Å². The first-order chi connectivity index (χ1) is 5.24. The van der Waals surface area contributed by atoms with Crippen LogP contribution in [0.3, 0.4) is 0 Å². The summed E-state index contributed by atoms with van der Waals surface area (Å²) in [6, 6.07) is 5.55. The van der Waals surface area contributed by atoms with E-state index in [0.717, 1.165) is 0 Å². The van der Waals surface area contributed by atoms with Gasteiger partial charge in [0.1, 0.15) is 11.8 Å². The molecule has 1 aromatic heterocycles. The first-order valence-corrected chi connectivity index (χ1v) is 3.47. The summed E-state index contributed by atoms with van der Waals surface area (Å²) in [7, 11) is 0. The lowest BCUT2D eigenvalue weighted by Crippen LogP contribution is -2.11. The second-order valence-electron chi connectivity index (χ2n) is 2.51. The molecular formula is C8H10N2O. The summed E-state index contributed by atoms with van der Waals surface area (Å²) in [6.45, 7) is 2.18. The smallest absolute Gasteiger partial charge is 0.120 e. The Balaban J connectivity index is 2.79. The van der Waals surface area contributed by atoms with Crippen LogP contribution >= 0.6 is 0 Å². The SMILES string of the molecule is C[C@@H](O)Cn1cccc1C#N. The van der Waals surface area contributed by atoms with Gasteiger partial charge in [-0.25, -0.2) is 0 Å². The lowest BCUT2D eigenvalue weighted by Gasteiger charge is -2.05. The average molecular weight is 150 g/mol. The van der Waals surface area contributed by atoms with Crippen molar-refractivity contribution >= 4 is 0 Å². The molecule has 11 heavy (non-hydrogen) atoms. The topological polar surface area (TPSA) is 49.0 Å². The Morgan fingerprint density at radius 2 is 2.55 bits per heavy atom. The zero-order chi connectivity index (χ0) is 8.27. The van der Waals surface area contributed by atoms with Gasteiger partial charge in [0.2, 0.25) is 0 Å². The molecule has 0 bridgehead atoms. The molecule has 3 nitrogen and oxygen atoms in total. The lowest BCUT2D eigenvalue weighted by atomic mass is 10.4. The summed E-state index contributed by atoms with van der Waals surface area (Å²) in [5.74, 6) is 0. The minimum atomic E-state index is -0.408. The molecule has 0 aliphatic carbocycles. The fraction of sp³-hybridized carbons (Fsp3) is 0.375. The standard InChI is InChI=1S/C8H10N2O/c1-7(11)6-10-4-2-3-8(10)5-9/h2-4,7,11H,6H2,1H3/t7-/m1/s1. The number of hydrogen-bond acceptors (Lipinski definition) is 2. The minimum absolute atomic E-state index is 0.408. The molecule has 0 saturated carbocycles. The van der Waals surface area contributed by atoms with Gasteiger partial charge < -0.3 is 9.67 Å². The molecule has 1 rings (SSSR count).